The molecule has 2 aliphatic heterocycles. The number of rotatable bonds is 3. The van der Waals surface area contributed by atoms with Gasteiger partial charge in [0.15, 0.2) is 0 Å². The van der Waals surface area contributed by atoms with Crippen LogP contribution in [0.3, 0.4) is 0 Å². The highest BCUT2D eigenvalue weighted by Crippen LogP contribution is 2.41. The van der Waals surface area contributed by atoms with Crippen molar-refractivity contribution >= 4 is 33.2 Å². The SMILES string of the molecule is O=C(c1cnccn1)N1CC[C@@H](c2c(C(=O)N3CCOCC3)sc3ccccc23)C1. The Morgan fingerprint density at radius 2 is 1.87 bits per heavy atom. The molecule has 7 nitrogen and oxygen atoms in total. The summed E-state index contributed by atoms with van der Waals surface area (Å²) < 4.78 is 6.53. The molecule has 5 rings (SSSR count). The molecule has 2 aliphatic rings. The zero-order valence-electron chi connectivity index (χ0n) is 16.5. The summed E-state index contributed by atoms with van der Waals surface area (Å²) in [5.41, 5.74) is 1.44. The van der Waals surface area contributed by atoms with Crippen molar-refractivity contribution < 1.29 is 14.3 Å². The third-order valence-electron chi connectivity index (χ3n) is 5.79. The molecule has 2 fully saturated rings. The van der Waals surface area contributed by atoms with Gasteiger partial charge in [-0.2, -0.15) is 0 Å². The predicted molar refractivity (Wildman–Crippen MR) is 114 cm³/mol. The molecule has 8 heteroatoms. The van der Waals surface area contributed by atoms with E-state index in [2.05, 4.69) is 22.1 Å². The van der Waals surface area contributed by atoms with Crippen molar-refractivity contribution in [3.8, 4) is 0 Å². The van der Waals surface area contributed by atoms with E-state index >= 15 is 0 Å². The largest absolute Gasteiger partial charge is 0.378 e. The molecule has 0 aliphatic carbocycles. The van der Waals surface area contributed by atoms with E-state index < -0.39 is 0 Å². The number of likely N-dealkylation sites (tertiary alicyclic amines) is 1. The number of hydrogen-bond donors (Lipinski definition) is 0. The molecule has 0 unspecified atom stereocenters. The smallest absolute Gasteiger partial charge is 0.274 e. The van der Waals surface area contributed by atoms with E-state index in [4.69, 9.17) is 4.74 Å². The van der Waals surface area contributed by atoms with E-state index in [1.165, 1.54) is 12.4 Å². The third kappa shape index (κ3) is 3.46. The number of fused-ring (bicyclic) bond motifs is 1. The summed E-state index contributed by atoms with van der Waals surface area (Å²) in [6.07, 6.45) is 5.43. The summed E-state index contributed by atoms with van der Waals surface area (Å²) in [6.45, 7) is 3.63. The maximum absolute atomic E-state index is 13.4. The molecule has 1 atom stereocenters. The highest BCUT2D eigenvalue weighted by molar-refractivity contribution is 7.21. The van der Waals surface area contributed by atoms with Gasteiger partial charge in [-0.3, -0.25) is 14.6 Å². The fraction of sp³-hybridized carbons (Fsp3) is 0.364. The molecule has 0 bridgehead atoms. The molecule has 0 spiro atoms. The van der Waals surface area contributed by atoms with Crippen LogP contribution in [-0.4, -0.2) is 71.0 Å². The maximum Gasteiger partial charge on any atom is 0.274 e. The van der Waals surface area contributed by atoms with Gasteiger partial charge >= 0.3 is 0 Å². The Bertz CT molecular complexity index is 1080. The fourth-order valence-electron chi connectivity index (χ4n) is 4.29. The Morgan fingerprint density at radius 3 is 2.67 bits per heavy atom. The lowest BCUT2D eigenvalue weighted by Gasteiger charge is -2.27. The predicted octanol–water partition coefficient (Wildman–Crippen LogP) is 2.79. The van der Waals surface area contributed by atoms with Gasteiger partial charge in [0.05, 0.1) is 24.3 Å². The molecular weight excluding hydrogens is 400 g/mol. The lowest BCUT2D eigenvalue weighted by Crippen LogP contribution is -2.40. The van der Waals surface area contributed by atoms with Gasteiger partial charge in [-0.15, -0.1) is 11.3 Å². The molecule has 2 amide bonds. The van der Waals surface area contributed by atoms with Crippen molar-refractivity contribution in [2.24, 2.45) is 0 Å². The van der Waals surface area contributed by atoms with Crippen LogP contribution in [0.15, 0.2) is 42.9 Å². The van der Waals surface area contributed by atoms with Gasteiger partial charge < -0.3 is 14.5 Å². The number of thiophene rings is 1. The zero-order valence-corrected chi connectivity index (χ0v) is 17.3. The molecule has 1 aromatic carbocycles. The average Bonchev–Trinajstić information content (AvgIpc) is 3.44. The quantitative estimate of drug-likeness (QED) is 0.649. The number of morpholine rings is 1. The first kappa shape index (κ1) is 19.1. The van der Waals surface area contributed by atoms with E-state index in [9.17, 15) is 9.59 Å². The van der Waals surface area contributed by atoms with Crippen LogP contribution in [0.4, 0.5) is 0 Å². The Hall–Kier alpha value is -2.84. The van der Waals surface area contributed by atoms with Gasteiger partial charge in [-0.05, 0) is 23.4 Å². The van der Waals surface area contributed by atoms with Gasteiger partial charge in [0.2, 0.25) is 0 Å². The number of benzene rings is 1. The number of aromatic nitrogens is 2. The standard InChI is InChI=1S/C22H22N4O3S/c27-21(17-13-23-6-7-24-17)26-8-5-15(14-26)19-16-3-1-2-4-18(16)30-20(19)22(28)25-9-11-29-12-10-25/h1-4,6-7,13,15H,5,8-12,14H2/t15-/m1/s1. The van der Waals surface area contributed by atoms with Crippen molar-refractivity contribution in [2.75, 3.05) is 39.4 Å². The van der Waals surface area contributed by atoms with Gasteiger partial charge in [-0.25, -0.2) is 4.98 Å². The number of ether oxygens (including phenoxy) is 1. The summed E-state index contributed by atoms with van der Waals surface area (Å²) in [4.78, 5) is 38.9. The van der Waals surface area contributed by atoms with Crippen LogP contribution >= 0.6 is 11.3 Å². The average molecular weight is 423 g/mol. The van der Waals surface area contributed by atoms with Crippen molar-refractivity contribution in [1.29, 1.82) is 0 Å². The Labute approximate surface area is 178 Å². The van der Waals surface area contributed by atoms with Crippen LogP contribution in [0, 0.1) is 0 Å². The first-order valence-electron chi connectivity index (χ1n) is 10.2. The van der Waals surface area contributed by atoms with Crippen LogP contribution in [-0.2, 0) is 4.74 Å². The van der Waals surface area contributed by atoms with E-state index in [0.717, 1.165) is 26.9 Å². The van der Waals surface area contributed by atoms with Gasteiger partial charge in [0.1, 0.15) is 5.69 Å². The first-order valence-corrected chi connectivity index (χ1v) is 11.0. The van der Waals surface area contributed by atoms with Gasteiger partial charge in [0.25, 0.3) is 11.8 Å². The van der Waals surface area contributed by atoms with Gasteiger partial charge in [-0.1, -0.05) is 18.2 Å². The van der Waals surface area contributed by atoms with Crippen molar-refractivity contribution in [2.45, 2.75) is 12.3 Å². The van der Waals surface area contributed by atoms with Crippen LogP contribution in [0.2, 0.25) is 0 Å². The molecule has 3 aromatic rings. The van der Waals surface area contributed by atoms with Crippen LogP contribution in [0.1, 0.15) is 38.1 Å². The first-order chi connectivity index (χ1) is 14.7. The minimum absolute atomic E-state index is 0.0770. The Morgan fingerprint density at radius 1 is 1.03 bits per heavy atom. The number of nitrogens with zero attached hydrogens (tertiary/aromatic N) is 4. The summed E-state index contributed by atoms with van der Waals surface area (Å²) in [6, 6.07) is 8.17. The normalized spacial score (nSPS) is 19.4. The number of carbonyl (C=O) groups excluding carboxylic acids is 2. The summed E-state index contributed by atoms with van der Waals surface area (Å²) >= 11 is 1.56. The van der Waals surface area contributed by atoms with Gasteiger partial charge in [0, 0.05) is 49.2 Å². The third-order valence-corrected chi connectivity index (χ3v) is 6.97. The molecule has 2 aromatic heterocycles. The summed E-state index contributed by atoms with van der Waals surface area (Å²) in [7, 11) is 0. The second kappa shape index (κ2) is 8.12. The molecular formula is C22H22N4O3S. The Balaban J connectivity index is 1.46. The van der Waals surface area contributed by atoms with Crippen molar-refractivity contribution in [1.82, 2.24) is 19.8 Å². The molecule has 0 radical (unpaired) electrons. The molecule has 2 saturated heterocycles. The maximum atomic E-state index is 13.4. The van der Waals surface area contributed by atoms with Crippen molar-refractivity contribution in [3.05, 3.63) is 59.0 Å². The molecule has 154 valence electrons. The molecule has 0 N–H and O–H groups in total. The fourth-order valence-corrected chi connectivity index (χ4v) is 5.55. The van der Waals surface area contributed by atoms with Crippen LogP contribution < -0.4 is 0 Å². The summed E-state index contributed by atoms with van der Waals surface area (Å²) in [5, 5.41) is 1.12. The van der Waals surface area contributed by atoms with E-state index in [1.54, 1.807) is 17.5 Å². The highest BCUT2D eigenvalue weighted by Gasteiger charge is 2.34. The minimum Gasteiger partial charge on any atom is -0.378 e. The molecule has 0 saturated carbocycles. The van der Waals surface area contributed by atoms with Crippen LogP contribution in [0.25, 0.3) is 10.1 Å². The monoisotopic (exact) mass is 422 g/mol. The second-order valence-corrected chi connectivity index (χ2v) is 8.63. The second-order valence-electron chi connectivity index (χ2n) is 7.57. The topological polar surface area (TPSA) is 75.6 Å². The summed E-state index contributed by atoms with van der Waals surface area (Å²) in [5.74, 6) is 0.0983. The lowest BCUT2D eigenvalue weighted by atomic mass is 9.94. The number of carbonyl (C=O) groups is 2. The number of amides is 2. The van der Waals surface area contributed by atoms with E-state index in [0.29, 0.717) is 45.1 Å². The lowest BCUT2D eigenvalue weighted by molar-refractivity contribution is 0.0305. The molecule has 30 heavy (non-hydrogen) atoms. The molecule has 4 heterocycles. The van der Waals surface area contributed by atoms with E-state index in [-0.39, 0.29) is 17.7 Å². The van der Waals surface area contributed by atoms with Crippen molar-refractivity contribution in [3.63, 3.8) is 0 Å². The Kier molecular flexibility index (Phi) is 5.18. The van der Waals surface area contributed by atoms with E-state index in [1.807, 2.05) is 21.9 Å². The highest BCUT2D eigenvalue weighted by atomic mass is 32.1. The number of hydrogen-bond acceptors (Lipinski definition) is 6. The van der Waals surface area contributed by atoms with Crippen LogP contribution in [0.5, 0.6) is 0 Å². The zero-order chi connectivity index (χ0) is 20.5. The minimum atomic E-state index is -0.105.